The van der Waals surface area contributed by atoms with Gasteiger partial charge in [0, 0.05) is 31.2 Å². The van der Waals surface area contributed by atoms with Gasteiger partial charge in [-0.15, -0.1) is 0 Å². The molecule has 0 bridgehead atoms. The number of ether oxygens (including phenoxy) is 4. The van der Waals surface area contributed by atoms with Crippen LogP contribution in [0.5, 0.6) is 11.5 Å². The van der Waals surface area contributed by atoms with Crippen LogP contribution in [0, 0.1) is 0 Å². The summed E-state index contributed by atoms with van der Waals surface area (Å²) < 4.78 is 27.9. The predicted octanol–water partition coefficient (Wildman–Crippen LogP) is 7.88. The molecule has 0 amide bonds. The fourth-order valence-corrected chi connectivity index (χ4v) is 5.19. The Hall–Kier alpha value is -6.03. The average Bonchev–Trinajstić information content (AvgIpc) is 3.15. The Morgan fingerprint density at radius 2 is 0.980 bits per heavy atom. The zero-order valence-electron chi connectivity index (χ0n) is 28.0. The van der Waals surface area contributed by atoms with E-state index in [1.165, 1.54) is 6.07 Å². The molecule has 51 heavy (non-hydrogen) atoms. The Kier molecular flexibility index (Phi) is 13.3. The second kappa shape index (κ2) is 18.7. The normalized spacial score (nSPS) is 10.7. The van der Waals surface area contributed by atoms with Gasteiger partial charge in [-0.25, -0.2) is 0 Å². The van der Waals surface area contributed by atoms with E-state index in [0.717, 1.165) is 11.1 Å². The molecule has 0 saturated carbocycles. The molecular weight excluding hydrogens is 652 g/mol. The highest BCUT2D eigenvalue weighted by Gasteiger charge is 2.23. The zero-order chi connectivity index (χ0) is 35.8. The van der Waals surface area contributed by atoms with Crippen molar-refractivity contribution in [2.75, 3.05) is 0 Å². The Balaban J connectivity index is 1.19. The maximum atomic E-state index is 13.9. The molecule has 0 aliphatic heterocycles. The van der Waals surface area contributed by atoms with Gasteiger partial charge in [-0.1, -0.05) is 97.1 Å². The van der Waals surface area contributed by atoms with Crippen molar-refractivity contribution in [1.82, 2.24) is 0 Å². The van der Waals surface area contributed by atoms with Crippen molar-refractivity contribution in [1.29, 1.82) is 0 Å². The first-order chi connectivity index (χ1) is 24.9. The van der Waals surface area contributed by atoms with Crippen molar-refractivity contribution in [3.05, 3.63) is 131 Å². The topological polar surface area (TPSA) is 135 Å². The Morgan fingerprint density at radius 3 is 1.51 bits per heavy atom. The van der Waals surface area contributed by atoms with E-state index in [4.69, 9.17) is 23.4 Å². The lowest BCUT2D eigenvalue weighted by atomic mass is 10.1. The summed E-state index contributed by atoms with van der Waals surface area (Å²) in [5, 5.41) is -0.0565. The van der Waals surface area contributed by atoms with Crippen LogP contribution in [-0.2, 0) is 41.9 Å². The Bertz CT molecular complexity index is 1990. The van der Waals surface area contributed by atoms with Crippen molar-refractivity contribution in [2.24, 2.45) is 0 Å². The summed E-state index contributed by atoms with van der Waals surface area (Å²) in [4.78, 5) is 64.0. The molecule has 1 aromatic heterocycles. The van der Waals surface area contributed by atoms with E-state index in [2.05, 4.69) is 0 Å². The van der Waals surface area contributed by atoms with E-state index in [1.54, 1.807) is 42.5 Å². The molecule has 0 N–H and O–H groups in total. The zero-order valence-corrected chi connectivity index (χ0v) is 28.0. The number of carbonyl (C=O) groups excluding carboxylic acids is 4. The van der Waals surface area contributed by atoms with Gasteiger partial charge < -0.3 is 23.4 Å². The van der Waals surface area contributed by atoms with E-state index >= 15 is 0 Å². The highest BCUT2D eigenvalue weighted by molar-refractivity contribution is 5.90. The van der Waals surface area contributed by atoms with Crippen molar-refractivity contribution >= 4 is 34.8 Å². The molecule has 0 radical (unpaired) electrons. The van der Waals surface area contributed by atoms with Crippen LogP contribution in [0.1, 0.15) is 62.5 Å². The average molecular weight is 691 g/mol. The summed E-state index contributed by atoms with van der Waals surface area (Å²) in [6, 6.07) is 32.0. The Morgan fingerprint density at radius 1 is 0.510 bits per heavy atom. The fourth-order valence-electron chi connectivity index (χ4n) is 5.19. The standard InChI is InChI=1S/C41H38O10/c42-34(47-27-29-15-4-1-5-16-29)23-10-12-25-36(44)49-32-21-14-22-33-38(32)39(46)41(40(50-33)31-19-8-3-9-20-31)51-37(45)26-13-11-24-35(43)48-28-30-17-6-2-7-18-30/h1-9,14-22H,10-13,23-28H2. The van der Waals surface area contributed by atoms with E-state index in [-0.39, 0.29) is 79.1 Å². The first-order valence-electron chi connectivity index (χ1n) is 16.8. The molecule has 0 unspecified atom stereocenters. The number of fused-ring (bicyclic) bond motifs is 1. The van der Waals surface area contributed by atoms with E-state index in [1.807, 2.05) is 60.7 Å². The van der Waals surface area contributed by atoms with Crippen LogP contribution in [0.15, 0.2) is 118 Å². The second-order valence-electron chi connectivity index (χ2n) is 11.7. The largest absolute Gasteiger partial charge is 0.461 e. The minimum atomic E-state index is -0.687. The molecule has 10 heteroatoms. The third kappa shape index (κ3) is 11.0. The number of unbranched alkanes of at least 4 members (excludes halogenated alkanes) is 2. The van der Waals surface area contributed by atoms with Crippen molar-refractivity contribution in [2.45, 2.75) is 64.6 Å². The summed E-state index contributed by atoms with van der Waals surface area (Å²) in [6.07, 6.45) is 1.70. The third-order valence-electron chi connectivity index (χ3n) is 7.82. The first kappa shape index (κ1) is 36.3. The number of carbonyl (C=O) groups is 4. The molecule has 262 valence electrons. The number of benzene rings is 4. The summed E-state index contributed by atoms with van der Waals surface area (Å²) >= 11 is 0. The van der Waals surface area contributed by atoms with Gasteiger partial charge >= 0.3 is 23.9 Å². The Labute approximate surface area is 294 Å². The van der Waals surface area contributed by atoms with Crippen LogP contribution in [0.3, 0.4) is 0 Å². The molecule has 4 aromatic carbocycles. The van der Waals surface area contributed by atoms with Gasteiger partial charge in [-0.3, -0.25) is 24.0 Å². The van der Waals surface area contributed by atoms with Crippen LogP contribution in [-0.4, -0.2) is 23.9 Å². The van der Waals surface area contributed by atoms with E-state index in [0.29, 0.717) is 31.2 Å². The highest BCUT2D eigenvalue weighted by atomic mass is 16.6. The number of esters is 4. The summed E-state index contributed by atoms with van der Waals surface area (Å²) in [5.74, 6) is -2.36. The van der Waals surface area contributed by atoms with Crippen molar-refractivity contribution in [3.63, 3.8) is 0 Å². The quantitative estimate of drug-likeness (QED) is 0.0539. The fraction of sp³-hybridized carbons (Fsp3) is 0.244. The summed E-state index contributed by atoms with van der Waals surface area (Å²) in [7, 11) is 0. The van der Waals surface area contributed by atoms with E-state index in [9.17, 15) is 24.0 Å². The minimum Gasteiger partial charge on any atom is -0.461 e. The van der Waals surface area contributed by atoms with Gasteiger partial charge in [0.25, 0.3) is 0 Å². The lowest BCUT2D eigenvalue weighted by molar-refractivity contribution is -0.146. The smallest absolute Gasteiger partial charge is 0.311 e. The van der Waals surface area contributed by atoms with Crippen molar-refractivity contribution in [3.8, 4) is 22.8 Å². The molecule has 0 spiro atoms. The van der Waals surface area contributed by atoms with Crippen LogP contribution < -0.4 is 14.9 Å². The summed E-state index contributed by atoms with van der Waals surface area (Å²) in [5.41, 5.74) is 1.73. The molecule has 0 fully saturated rings. The maximum absolute atomic E-state index is 13.9. The van der Waals surface area contributed by atoms with E-state index < -0.39 is 17.4 Å². The van der Waals surface area contributed by atoms with Gasteiger partial charge in [0.05, 0.1) is 0 Å². The molecule has 1 heterocycles. The summed E-state index contributed by atoms with van der Waals surface area (Å²) in [6.45, 7) is 0.353. The monoisotopic (exact) mass is 690 g/mol. The molecule has 0 atom stereocenters. The van der Waals surface area contributed by atoms with Crippen LogP contribution in [0.2, 0.25) is 0 Å². The molecular formula is C41H38O10. The lowest BCUT2D eigenvalue weighted by Crippen LogP contribution is -2.17. The van der Waals surface area contributed by atoms with Gasteiger partial charge in [-0.2, -0.15) is 0 Å². The van der Waals surface area contributed by atoms with Crippen LogP contribution in [0.25, 0.3) is 22.3 Å². The van der Waals surface area contributed by atoms with Crippen LogP contribution >= 0.6 is 0 Å². The van der Waals surface area contributed by atoms with Gasteiger partial charge in [-0.05, 0) is 48.9 Å². The predicted molar refractivity (Wildman–Crippen MR) is 189 cm³/mol. The molecule has 0 aliphatic rings. The third-order valence-corrected chi connectivity index (χ3v) is 7.82. The van der Waals surface area contributed by atoms with Gasteiger partial charge in [0.1, 0.15) is 29.9 Å². The number of hydrogen-bond donors (Lipinski definition) is 0. The lowest BCUT2D eigenvalue weighted by Gasteiger charge is -2.13. The number of rotatable bonds is 17. The van der Waals surface area contributed by atoms with Gasteiger partial charge in [0.15, 0.2) is 5.76 Å². The first-order valence-corrected chi connectivity index (χ1v) is 16.8. The second-order valence-corrected chi connectivity index (χ2v) is 11.7. The maximum Gasteiger partial charge on any atom is 0.311 e. The number of hydrogen-bond acceptors (Lipinski definition) is 10. The molecule has 10 nitrogen and oxygen atoms in total. The SMILES string of the molecule is O=C(CCCCC(=O)Oc1c(-c2ccccc2)oc2cccc(OC(=O)CCCCC(=O)OCc3ccccc3)c2c1=O)OCc1ccccc1. The van der Waals surface area contributed by atoms with Crippen LogP contribution in [0.4, 0.5) is 0 Å². The van der Waals surface area contributed by atoms with Crippen molar-refractivity contribution < 1.29 is 42.5 Å². The minimum absolute atomic E-state index is 0.00255. The molecule has 5 aromatic rings. The molecule has 0 aliphatic carbocycles. The van der Waals surface area contributed by atoms with Gasteiger partial charge in [0.2, 0.25) is 11.2 Å². The molecule has 0 saturated heterocycles. The molecule has 5 rings (SSSR count). The highest BCUT2D eigenvalue weighted by Crippen LogP contribution is 2.34.